The number of hydrogen-bond acceptors (Lipinski definition) is 3. The van der Waals surface area contributed by atoms with Gasteiger partial charge in [0.05, 0.1) is 0 Å². The molecule has 0 aromatic carbocycles. The third-order valence-corrected chi connectivity index (χ3v) is 2.49. The molecular weight excluding hydrogens is 190 g/mol. The highest BCUT2D eigenvalue weighted by Crippen LogP contribution is 2.00. The summed E-state index contributed by atoms with van der Waals surface area (Å²) >= 11 is 0. The van der Waals surface area contributed by atoms with E-state index in [1.54, 1.807) is 6.92 Å². The van der Waals surface area contributed by atoms with Gasteiger partial charge in [0, 0.05) is 12.6 Å². The third kappa shape index (κ3) is 9.88. The van der Waals surface area contributed by atoms with Crippen molar-refractivity contribution < 1.29 is 9.53 Å². The van der Waals surface area contributed by atoms with Crippen LogP contribution in [0.3, 0.4) is 0 Å². The largest absolute Gasteiger partial charge is 0.374 e. The van der Waals surface area contributed by atoms with E-state index in [0.29, 0.717) is 12.6 Å². The van der Waals surface area contributed by atoms with Gasteiger partial charge in [-0.3, -0.25) is 4.79 Å². The maximum absolute atomic E-state index is 10.6. The summed E-state index contributed by atoms with van der Waals surface area (Å²) in [6.45, 7) is 8.09. The molecule has 0 aliphatic heterocycles. The molecule has 0 aliphatic carbocycles. The molecule has 0 saturated heterocycles. The van der Waals surface area contributed by atoms with Crippen molar-refractivity contribution in [3.8, 4) is 0 Å². The average Bonchev–Trinajstić information content (AvgIpc) is 2.15. The molecule has 3 heteroatoms. The van der Waals surface area contributed by atoms with E-state index in [-0.39, 0.29) is 12.4 Å². The maximum Gasteiger partial charge on any atom is 0.155 e. The molecule has 0 aliphatic rings. The quantitative estimate of drug-likeness (QED) is 0.552. The zero-order chi connectivity index (χ0) is 11.7. The van der Waals surface area contributed by atoms with Crippen LogP contribution in [0.15, 0.2) is 0 Å². The van der Waals surface area contributed by atoms with Crippen molar-refractivity contribution in [2.24, 2.45) is 0 Å². The van der Waals surface area contributed by atoms with Gasteiger partial charge < -0.3 is 9.64 Å². The summed E-state index contributed by atoms with van der Waals surface area (Å²) in [5, 5.41) is 0. The van der Waals surface area contributed by atoms with Crippen LogP contribution in [0, 0.1) is 0 Å². The standard InChI is InChI=1S/C12H25NO2/c1-11(2)13(4)8-6-5-7-9-15-10-12(3)14/h11H,5-10H2,1-4H3. The smallest absolute Gasteiger partial charge is 0.155 e. The second-order valence-electron chi connectivity index (χ2n) is 4.39. The van der Waals surface area contributed by atoms with E-state index >= 15 is 0 Å². The summed E-state index contributed by atoms with van der Waals surface area (Å²) in [5.41, 5.74) is 0. The molecule has 0 unspecified atom stereocenters. The molecule has 0 aromatic rings. The number of ether oxygens (including phenoxy) is 1. The van der Waals surface area contributed by atoms with Crippen molar-refractivity contribution in [1.29, 1.82) is 0 Å². The van der Waals surface area contributed by atoms with Crippen LogP contribution in [-0.2, 0) is 9.53 Å². The van der Waals surface area contributed by atoms with Crippen LogP contribution >= 0.6 is 0 Å². The molecule has 0 rings (SSSR count). The van der Waals surface area contributed by atoms with E-state index in [4.69, 9.17) is 4.74 Å². The first kappa shape index (κ1) is 14.6. The van der Waals surface area contributed by atoms with Gasteiger partial charge in [0.1, 0.15) is 6.61 Å². The van der Waals surface area contributed by atoms with Crippen LogP contribution in [0.4, 0.5) is 0 Å². The number of rotatable bonds is 9. The van der Waals surface area contributed by atoms with Gasteiger partial charge in [0.2, 0.25) is 0 Å². The number of unbranched alkanes of at least 4 members (excludes halogenated alkanes) is 2. The Morgan fingerprint density at radius 2 is 1.93 bits per heavy atom. The zero-order valence-corrected chi connectivity index (χ0v) is 10.6. The van der Waals surface area contributed by atoms with Crippen molar-refractivity contribution in [2.75, 3.05) is 26.8 Å². The first-order valence-corrected chi connectivity index (χ1v) is 5.81. The minimum Gasteiger partial charge on any atom is -0.374 e. The molecule has 0 aromatic heterocycles. The second kappa shape index (κ2) is 8.86. The molecule has 0 atom stereocenters. The van der Waals surface area contributed by atoms with E-state index in [1.807, 2.05) is 0 Å². The molecule has 0 fully saturated rings. The van der Waals surface area contributed by atoms with E-state index in [9.17, 15) is 4.79 Å². The van der Waals surface area contributed by atoms with Crippen LogP contribution in [0.25, 0.3) is 0 Å². The molecule has 0 heterocycles. The minimum absolute atomic E-state index is 0.106. The zero-order valence-electron chi connectivity index (χ0n) is 10.6. The van der Waals surface area contributed by atoms with E-state index in [0.717, 1.165) is 13.0 Å². The van der Waals surface area contributed by atoms with Crippen molar-refractivity contribution in [1.82, 2.24) is 4.90 Å². The highest BCUT2D eigenvalue weighted by molar-refractivity contribution is 5.76. The number of carbonyl (C=O) groups is 1. The van der Waals surface area contributed by atoms with Crippen molar-refractivity contribution in [3.63, 3.8) is 0 Å². The van der Waals surface area contributed by atoms with Gasteiger partial charge in [-0.25, -0.2) is 0 Å². The Labute approximate surface area is 93.8 Å². The van der Waals surface area contributed by atoms with Crippen LogP contribution in [0.2, 0.25) is 0 Å². The topological polar surface area (TPSA) is 29.5 Å². The fourth-order valence-corrected chi connectivity index (χ4v) is 1.22. The molecule has 3 nitrogen and oxygen atoms in total. The molecule has 0 amide bonds. The fourth-order valence-electron chi connectivity index (χ4n) is 1.22. The molecule has 0 saturated carbocycles. The molecule has 0 bridgehead atoms. The first-order valence-electron chi connectivity index (χ1n) is 5.81. The monoisotopic (exact) mass is 215 g/mol. The molecule has 90 valence electrons. The molecule has 0 N–H and O–H groups in total. The van der Waals surface area contributed by atoms with Crippen molar-refractivity contribution >= 4 is 5.78 Å². The van der Waals surface area contributed by atoms with Crippen LogP contribution < -0.4 is 0 Å². The van der Waals surface area contributed by atoms with E-state index in [2.05, 4.69) is 25.8 Å². The summed E-state index contributed by atoms with van der Waals surface area (Å²) in [7, 11) is 2.15. The Hall–Kier alpha value is -0.410. The number of hydrogen-bond donors (Lipinski definition) is 0. The Morgan fingerprint density at radius 1 is 1.27 bits per heavy atom. The summed E-state index contributed by atoms with van der Waals surface area (Å²) < 4.78 is 5.19. The number of Topliss-reactive ketones (excluding diaryl/α,β-unsaturated/α-hetero) is 1. The Morgan fingerprint density at radius 3 is 2.47 bits per heavy atom. The van der Waals surface area contributed by atoms with Gasteiger partial charge in [0.25, 0.3) is 0 Å². The predicted octanol–water partition coefficient (Wildman–Crippen LogP) is 2.10. The molecular formula is C12H25NO2. The second-order valence-corrected chi connectivity index (χ2v) is 4.39. The van der Waals surface area contributed by atoms with Crippen LogP contribution in [0.1, 0.15) is 40.0 Å². The Balaban J connectivity index is 3.15. The van der Waals surface area contributed by atoms with Gasteiger partial charge in [-0.15, -0.1) is 0 Å². The highest BCUT2D eigenvalue weighted by atomic mass is 16.5. The van der Waals surface area contributed by atoms with E-state index < -0.39 is 0 Å². The molecule has 0 radical (unpaired) electrons. The maximum atomic E-state index is 10.6. The molecule has 15 heavy (non-hydrogen) atoms. The SMILES string of the molecule is CC(=O)COCCCCCN(C)C(C)C. The number of nitrogens with zero attached hydrogens (tertiary/aromatic N) is 1. The Kier molecular flexibility index (Phi) is 8.62. The van der Waals surface area contributed by atoms with Crippen LogP contribution in [-0.4, -0.2) is 43.5 Å². The highest BCUT2D eigenvalue weighted by Gasteiger charge is 2.01. The predicted molar refractivity (Wildman–Crippen MR) is 63.1 cm³/mol. The van der Waals surface area contributed by atoms with Gasteiger partial charge in [0.15, 0.2) is 5.78 Å². The van der Waals surface area contributed by atoms with Gasteiger partial charge in [-0.05, 0) is 53.6 Å². The third-order valence-electron chi connectivity index (χ3n) is 2.49. The van der Waals surface area contributed by atoms with Crippen molar-refractivity contribution in [2.45, 2.75) is 46.1 Å². The van der Waals surface area contributed by atoms with E-state index in [1.165, 1.54) is 12.8 Å². The van der Waals surface area contributed by atoms with Crippen LogP contribution in [0.5, 0.6) is 0 Å². The lowest BCUT2D eigenvalue weighted by molar-refractivity contribution is -0.121. The summed E-state index contributed by atoms with van der Waals surface area (Å²) in [5.74, 6) is 0.106. The minimum atomic E-state index is 0.106. The lowest BCUT2D eigenvalue weighted by Crippen LogP contribution is -2.27. The fraction of sp³-hybridized carbons (Fsp3) is 0.917. The lowest BCUT2D eigenvalue weighted by atomic mass is 10.2. The number of carbonyl (C=O) groups excluding carboxylic acids is 1. The lowest BCUT2D eigenvalue weighted by Gasteiger charge is -2.20. The Bertz CT molecular complexity index is 169. The first-order chi connectivity index (χ1) is 7.04. The number of ketones is 1. The summed E-state index contributed by atoms with van der Waals surface area (Å²) in [6.07, 6.45) is 3.44. The average molecular weight is 215 g/mol. The van der Waals surface area contributed by atoms with Gasteiger partial charge in [-0.1, -0.05) is 0 Å². The van der Waals surface area contributed by atoms with Crippen molar-refractivity contribution in [3.05, 3.63) is 0 Å². The summed E-state index contributed by atoms with van der Waals surface area (Å²) in [6, 6.07) is 0.624. The molecule has 0 spiro atoms. The summed E-state index contributed by atoms with van der Waals surface area (Å²) in [4.78, 5) is 12.9. The normalized spacial score (nSPS) is 11.3. The van der Waals surface area contributed by atoms with Gasteiger partial charge >= 0.3 is 0 Å². The van der Waals surface area contributed by atoms with Gasteiger partial charge in [-0.2, -0.15) is 0 Å².